The monoisotopic (exact) mass is 449 g/mol. The van der Waals surface area contributed by atoms with Crippen LogP contribution >= 0.6 is 11.6 Å². The van der Waals surface area contributed by atoms with Crippen LogP contribution in [0.4, 0.5) is 0 Å². The first-order chi connectivity index (χ1) is 15.5. The number of esters is 1. The number of hydrogen-bond acceptors (Lipinski definition) is 6. The first kappa shape index (κ1) is 21.4. The average molecular weight is 450 g/mol. The van der Waals surface area contributed by atoms with Crippen molar-refractivity contribution in [1.29, 1.82) is 0 Å². The van der Waals surface area contributed by atoms with Gasteiger partial charge in [-0.2, -0.15) is 0 Å². The molecule has 0 aliphatic heterocycles. The molecule has 0 aliphatic rings. The van der Waals surface area contributed by atoms with Gasteiger partial charge in [-0.3, -0.25) is 0 Å². The molecule has 0 radical (unpaired) electrons. The Labute approximate surface area is 189 Å². The number of methoxy groups -OCH3 is 1. The fraction of sp³-hybridized carbons (Fsp3) is 0.125. The molecule has 1 N–H and O–H groups in total. The van der Waals surface area contributed by atoms with Crippen LogP contribution < -0.4 is 4.74 Å². The van der Waals surface area contributed by atoms with E-state index in [0.717, 1.165) is 16.9 Å². The second-order valence-corrected chi connectivity index (χ2v) is 7.41. The van der Waals surface area contributed by atoms with Crippen LogP contribution in [0.3, 0.4) is 0 Å². The first-order valence-electron chi connectivity index (χ1n) is 9.85. The molecule has 8 heteroatoms. The van der Waals surface area contributed by atoms with Gasteiger partial charge in [0.1, 0.15) is 28.2 Å². The summed E-state index contributed by atoms with van der Waals surface area (Å²) in [5.41, 5.74) is 3.45. The van der Waals surface area contributed by atoms with Crippen LogP contribution in [0.2, 0.25) is 5.02 Å². The van der Waals surface area contributed by atoms with Gasteiger partial charge in [-0.15, -0.1) is 15.0 Å². The fourth-order valence-electron chi connectivity index (χ4n) is 3.08. The molecule has 162 valence electrons. The Morgan fingerprint density at radius 1 is 1.06 bits per heavy atom. The summed E-state index contributed by atoms with van der Waals surface area (Å²) in [6.45, 7) is 0.195. The Morgan fingerprint density at radius 3 is 2.62 bits per heavy atom. The van der Waals surface area contributed by atoms with Gasteiger partial charge < -0.3 is 14.6 Å². The summed E-state index contributed by atoms with van der Waals surface area (Å²) >= 11 is 6.00. The Bertz CT molecular complexity index is 1280. The van der Waals surface area contributed by atoms with Gasteiger partial charge in [-0.25, -0.2) is 4.79 Å². The molecule has 0 amide bonds. The number of aromatic hydroxyl groups is 1. The molecule has 4 aromatic rings. The van der Waals surface area contributed by atoms with Crippen molar-refractivity contribution in [1.82, 2.24) is 15.0 Å². The van der Waals surface area contributed by atoms with Crippen LogP contribution in [0.5, 0.6) is 11.5 Å². The molecule has 3 aromatic carbocycles. The summed E-state index contributed by atoms with van der Waals surface area (Å²) in [5.74, 6) is 0.358. The van der Waals surface area contributed by atoms with E-state index in [1.54, 1.807) is 49.6 Å². The molecular weight excluding hydrogens is 430 g/mol. The molecule has 0 atom stereocenters. The van der Waals surface area contributed by atoms with E-state index in [1.165, 1.54) is 10.9 Å². The third-order valence-electron chi connectivity index (χ3n) is 4.76. The van der Waals surface area contributed by atoms with Crippen molar-refractivity contribution >= 4 is 34.7 Å². The van der Waals surface area contributed by atoms with Crippen LogP contribution in [-0.2, 0) is 16.0 Å². The minimum Gasteiger partial charge on any atom is -0.506 e. The molecular formula is C24H20ClN3O4. The lowest BCUT2D eigenvalue weighted by atomic mass is 10.1. The standard InChI is InChI=1S/C24H20ClN3O4/c1-31-19-7-2-16(3-8-19)5-11-24(30)32-13-12-17-4-10-23(29)22(14-17)28-26-20-9-6-18(25)15-21(20)27-28/h2-11,14-15,29H,12-13H2,1H3/b11-5+. The van der Waals surface area contributed by atoms with E-state index in [4.69, 9.17) is 21.1 Å². The highest BCUT2D eigenvalue weighted by atomic mass is 35.5. The lowest BCUT2D eigenvalue weighted by molar-refractivity contribution is -0.137. The molecule has 0 saturated heterocycles. The number of carbonyl (C=O) groups excluding carboxylic acids is 1. The minimum absolute atomic E-state index is 0.0413. The predicted molar refractivity (Wildman–Crippen MR) is 122 cm³/mol. The lowest BCUT2D eigenvalue weighted by Crippen LogP contribution is -2.06. The number of halogens is 1. The topological polar surface area (TPSA) is 86.5 Å². The van der Waals surface area contributed by atoms with E-state index in [2.05, 4.69) is 10.2 Å². The van der Waals surface area contributed by atoms with Gasteiger partial charge in [0.25, 0.3) is 0 Å². The second-order valence-electron chi connectivity index (χ2n) is 6.97. The number of carbonyl (C=O) groups is 1. The number of phenolic OH excluding ortho intramolecular Hbond substituents is 1. The van der Waals surface area contributed by atoms with E-state index in [0.29, 0.717) is 28.2 Å². The zero-order valence-corrected chi connectivity index (χ0v) is 18.0. The maximum Gasteiger partial charge on any atom is 0.330 e. The van der Waals surface area contributed by atoms with Gasteiger partial charge in [0.15, 0.2) is 0 Å². The van der Waals surface area contributed by atoms with Crippen molar-refractivity contribution in [3.63, 3.8) is 0 Å². The zero-order valence-electron chi connectivity index (χ0n) is 17.2. The highest BCUT2D eigenvalue weighted by molar-refractivity contribution is 6.31. The Hall–Kier alpha value is -3.84. The number of ether oxygens (including phenoxy) is 2. The van der Waals surface area contributed by atoms with Crippen LogP contribution in [-0.4, -0.2) is 39.8 Å². The maximum absolute atomic E-state index is 12.0. The summed E-state index contributed by atoms with van der Waals surface area (Å²) < 4.78 is 10.4. The van der Waals surface area contributed by atoms with Crippen molar-refractivity contribution in [3.05, 3.63) is 82.9 Å². The number of nitrogens with zero attached hydrogens (tertiary/aromatic N) is 3. The smallest absolute Gasteiger partial charge is 0.330 e. The molecule has 0 aliphatic carbocycles. The largest absolute Gasteiger partial charge is 0.506 e. The molecule has 4 rings (SSSR count). The summed E-state index contributed by atoms with van der Waals surface area (Å²) in [5, 5.41) is 19.6. The Kier molecular flexibility index (Phi) is 6.37. The van der Waals surface area contributed by atoms with Crippen molar-refractivity contribution in [3.8, 4) is 17.2 Å². The van der Waals surface area contributed by atoms with E-state index in [9.17, 15) is 9.90 Å². The van der Waals surface area contributed by atoms with Crippen molar-refractivity contribution in [2.24, 2.45) is 0 Å². The highest BCUT2D eigenvalue weighted by Gasteiger charge is 2.11. The minimum atomic E-state index is -0.434. The fourth-order valence-corrected chi connectivity index (χ4v) is 3.24. The van der Waals surface area contributed by atoms with E-state index in [1.807, 2.05) is 24.3 Å². The lowest BCUT2D eigenvalue weighted by Gasteiger charge is -2.07. The summed E-state index contributed by atoms with van der Waals surface area (Å²) in [6, 6.07) is 17.6. The van der Waals surface area contributed by atoms with Crippen LogP contribution in [0.25, 0.3) is 22.8 Å². The normalized spacial score (nSPS) is 11.2. The number of fused-ring (bicyclic) bond motifs is 1. The summed E-state index contributed by atoms with van der Waals surface area (Å²) in [6.07, 6.45) is 3.54. The van der Waals surface area contributed by atoms with Crippen molar-refractivity contribution in [2.45, 2.75) is 6.42 Å². The van der Waals surface area contributed by atoms with Gasteiger partial charge in [0, 0.05) is 17.5 Å². The first-order valence-corrected chi connectivity index (χ1v) is 10.2. The molecule has 7 nitrogen and oxygen atoms in total. The van der Waals surface area contributed by atoms with Gasteiger partial charge >= 0.3 is 5.97 Å². The summed E-state index contributed by atoms with van der Waals surface area (Å²) in [7, 11) is 1.60. The average Bonchev–Trinajstić information content (AvgIpc) is 3.22. The Morgan fingerprint density at radius 2 is 1.84 bits per heavy atom. The quantitative estimate of drug-likeness (QED) is 0.328. The number of aromatic nitrogens is 3. The predicted octanol–water partition coefficient (Wildman–Crippen LogP) is 4.59. The molecule has 32 heavy (non-hydrogen) atoms. The van der Waals surface area contributed by atoms with Crippen molar-refractivity contribution in [2.75, 3.05) is 13.7 Å². The van der Waals surface area contributed by atoms with Gasteiger partial charge in [0.2, 0.25) is 0 Å². The SMILES string of the molecule is COc1ccc(/C=C/C(=O)OCCc2ccc(O)c(-n3nc4ccc(Cl)cc4n3)c2)cc1. The van der Waals surface area contributed by atoms with Crippen molar-refractivity contribution < 1.29 is 19.4 Å². The molecule has 0 fully saturated rings. The second kappa shape index (κ2) is 9.53. The van der Waals surface area contributed by atoms with Crippen LogP contribution in [0.15, 0.2) is 66.7 Å². The molecule has 0 bridgehead atoms. The van der Waals surface area contributed by atoms with Gasteiger partial charge in [-0.05, 0) is 59.7 Å². The third-order valence-corrected chi connectivity index (χ3v) is 5.00. The van der Waals surface area contributed by atoms with E-state index in [-0.39, 0.29) is 12.4 Å². The number of rotatable bonds is 7. The molecule has 0 spiro atoms. The highest BCUT2D eigenvalue weighted by Crippen LogP contribution is 2.24. The summed E-state index contributed by atoms with van der Waals surface area (Å²) in [4.78, 5) is 13.4. The van der Waals surface area contributed by atoms with Crippen LogP contribution in [0, 0.1) is 0 Å². The molecule has 1 aromatic heterocycles. The molecule has 1 heterocycles. The van der Waals surface area contributed by atoms with Crippen LogP contribution in [0.1, 0.15) is 11.1 Å². The number of benzene rings is 3. The number of hydrogen-bond donors (Lipinski definition) is 1. The zero-order chi connectivity index (χ0) is 22.5. The molecule has 0 unspecified atom stereocenters. The van der Waals surface area contributed by atoms with E-state index >= 15 is 0 Å². The maximum atomic E-state index is 12.0. The van der Waals surface area contributed by atoms with Gasteiger partial charge in [0.05, 0.1) is 13.7 Å². The van der Waals surface area contributed by atoms with Gasteiger partial charge in [-0.1, -0.05) is 29.8 Å². The van der Waals surface area contributed by atoms with E-state index < -0.39 is 5.97 Å². The number of phenols is 1. The molecule has 0 saturated carbocycles. The Balaban J connectivity index is 1.38. The third kappa shape index (κ3) is 5.07.